The maximum atomic E-state index is 13.9. The molecule has 0 amide bonds. The molecule has 0 spiro atoms. The third-order valence-electron chi connectivity index (χ3n) is 7.34. The van der Waals surface area contributed by atoms with Crippen LogP contribution in [0.4, 0.5) is 24.1 Å². The Morgan fingerprint density at radius 2 is 1.97 bits per heavy atom. The normalized spacial score (nSPS) is 25.7. The van der Waals surface area contributed by atoms with Crippen molar-refractivity contribution in [1.82, 2.24) is 19.0 Å². The topological polar surface area (TPSA) is 49.3 Å². The number of benzene rings is 1. The molecule has 3 aromatic heterocycles. The van der Waals surface area contributed by atoms with Gasteiger partial charge in [-0.25, -0.2) is 17.7 Å². The van der Waals surface area contributed by atoms with E-state index in [0.717, 1.165) is 37.3 Å². The Balaban J connectivity index is 1.26. The summed E-state index contributed by atoms with van der Waals surface area (Å²) in [5.74, 6) is -2.76. The van der Waals surface area contributed by atoms with E-state index in [1.54, 1.807) is 34.4 Å². The molecule has 1 unspecified atom stereocenters. The van der Waals surface area contributed by atoms with Crippen molar-refractivity contribution in [1.29, 1.82) is 0 Å². The molecule has 3 atom stereocenters. The lowest BCUT2D eigenvalue weighted by Gasteiger charge is -2.29. The molecule has 0 N–H and O–H groups in total. The van der Waals surface area contributed by atoms with Crippen LogP contribution in [-0.4, -0.2) is 43.6 Å². The van der Waals surface area contributed by atoms with E-state index >= 15 is 0 Å². The number of aryl methyl sites for hydroxylation is 1. The van der Waals surface area contributed by atoms with Crippen LogP contribution in [0.1, 0.15) is 18.5 Å². The highest BCUT2D eigenvalue weighted by molar-refractivity contribution is 7.10. The maximum Gasteiger partial charge on any atom is 0.246 e. The smallest absolute Gasteiger partial charge is 0.246 e. The summed E-state index contributed by atoms with van der Waals surface area (Å²) in [6.45, 7) is 3.92. The van der Waals surface area contributed by atoms with Gasteiger partial charge in [-0.1, -0.05) is 0 Å². The first kappa shape index (κ1) is 19.3. The van der Waals surface area contributed by atoms with Gasteiger partial charge in [-0.05, 0) is 73.1 Å². The number of piperidine rings is 2. The lowest BCUT2D eigenvalue weighted by Crippen LogP contribution is -2.41. The third kappa shape index (κ3) is 2.64. The standard InChI is InChI=1S/C23H19F3N6S/c1-12-7-18(33-29-12)30-10-13-4-5-23(11-30)20(13)32(23)22-27-21-15(3-2-6-31(21)28-22)14-8-16(24)19(26)17(25)9-14/h2-3,6-9,13,20H,4-5,10-11H2,1H3/t13-,20-,23?,32?/m0/s1. The van der Waals surface area contributed by atoms with Crippen LogP contribution in [0.2, 0.25) is 0 Å². The van der Waals surface area contributed by atoms with Crippen LogP contribution in [0.3, 0.4) is 0 Å². The average Bonchev–Trinajstić information content (AvgIpc) is 3.08. The monoisotopic (exact) mass is 468 g/mol. The Bertz CT molecular complexity index is 1410. The minimum atomic E-state index is -1.48. The van der Waals surface area contributed by atoms with Crippen molar-refractivity contribution in [3.8, 4) is 11.1 Å². The van der Waals surface area contributed by atoms with Gasteiger partial charge in [0.25, 0.3) is 0 Å². The van der Waals surface area contributed by atoms with Gasteiger partial charge in [0.05, 0.1) is 17.3 Å². The van der Waals surface area contributed by atoms with E-state index in [1.165, 1.54) is 11.4 Å². The zero-order chi connectivity index (χ0) is 22.5. The molecule has 168 valence electrons. The zero-order valence-electron chi connectivity index (χ0n) is 17.7. The molecule has 2 saturated heterocycles. The fourth-order valence-electron chi connectivity index (χ4n) is 5.95. The highest BCUT2D eigenvalue weighted by atomic mass is 32.1. The van der Waals surface area contributed by atoms with Gasteiger partial charge in [0.1, 0.15) is 5.00 Å². The van der Waals surface area contributed by atoms with Crippen molar-refractivity contribution in [2.24, 2.45) is 5.92 Å². The number of hydrogen-bond donors (Lipinski definition) is 0. The molecule has 2 bridgehead atoms. The van der Waals surface area contributed by atoms with E-state index in [2.05, 4.69) is 20.2 Å². The van der Waals surface area contributed by atoms with E-state index < -0.39 is 17.5 Å². The summed E-state index contributed by atoms with van der Waals surface area (Å²) in [6, 6.07) is 8.00. The molecule has 1 saturated carbocycles. The minimum absolute atomic E-state index is 0.0139. The molecule has 33 heavy (non-hydrogen) atoms. The minimum Gasteiger partial charge on any atom is -0.359 e. The molecule has 5 heterocycles. The Morgan fingerprint density at radius 1 is 1.15 bits per heavy atom. The van der Waals surface area contributed by atoms with E-state index in [-0.39, 0.29) is 11.1 Å². The molecule has 1 aromatic carbocycles. The van der Waals surface area contributed by atoms with Crippen molar-refractivity contribution < 1.29 is 13.2 Å². The second-order valence-electron chi connectivity index (χ2n) is 9.26. The number of rotatable bonds is 3. The first-order valence-electron chi connectivity index (χ1n) is 10.9. The fourth-order valence-corrected chi connectivity index (χ4v) is 6.72. The number of fused-ring (bicyclic) bond motifs is 1. The first-order chi connectivity index (χ1) is 15.9. The van der Waals surface area contributed by atoms with Crippen LogP contribution in [0.25, 0.3) is 16.8 Å². The highest BCUT2D eigenvalue weighted by Gasteiger charge is 2.73. The number of halogens is 3. The summed E-state index contributed by atoms with van der Waals surface area (Å²) < 4.78 is 47.3. The van der Waals surface area contributed by atoms with Crippen LogP contribution in [0.5, 0.6) is 0 Å². The van der Waals surface area contributed by atoms with Crippen molar-refractivity contribution in [2.45, 2.75) is 31.3 Å². The van der Waals surface area contributed by atoms with Gasteiger partial charge < -0.3 is 9.80 Å². The highest BCUT2D eigenvalue weighted by Crippen LogP contribution is 2.60. The summed E-state index contributed by atoms with van der Waals surface area (Å²) in [6.07, 6.45) is 4.04. The Hall–Kier alpha value is -3.14. The van der Waals surface area contributed by atoms with Gasteiger partial charge in [0, 0.05) is 24.8 Å². The van der Waals surface area contributed by atoms with E-state index in [9.17, 15) is 13.2 Å². The maximum absolute atomic E-state index is 13.9. The van der Waals surface area contributed by atoms with E-state index in [1.807, 2.05) is 6.92 Å². The van der Waals surface area contributed by atoms with Crippen LogP contribution < -0.4 is 9.80 Å². The summed E-state index contributed by atoms with van der Waals surface area (Å²) in [4.78, 5) is 9.54. The van der Waals surface area contributed by atoms with Gasteiger partial charge in [-0.3, -0.25) is 0 Å². The Labute approximate surface area is 191 Å². The van der Waals surface area contributed by atoms with Crippen molar-refractivity contribution in [3.05, 3.63) is 59.7 Å². The molecule has 0 radical (unpaired) electrons. The molecule has 6 nitrogen and oxygen atoms in total. The van der Waals surface area contributed by atoms with Gasteiger partial charge in [0.15, 0.2) is 23.1 Å². The molecule has 3 fully saturated rings. The molecule has 2 aliphatic heterocycles. The van der Waals surface area contributed by atoms with Gasteiger partial charge in [0.2, 0.25) is 5.95 Å². The Kier molecular flexibility index (Phi) is 3.79. The largest absolute Gasteiger partial charge is 0.359 e. The average molecular weight is 469 g/mol. The SMILES string of the molecule is Cc1cc(N2C[C@@H]3CCC4(C2)[C@H]3N4c2nc3c(-c4cc(F)c(F)c(F)c4)cccn3n2)sn1. The van der Waals surface area contributed by atoms with Gasteiger partial charge >= 0.3 is 0 Å². The molecule has 4 aromatic rings. The predicted octanol–water partition coefficient (Wildman–Crippen LogP) is 4.44. The van der Waals surface area contributed by atoms with Gasteiger partial charge in [-0.15, -0.1) is 5.10 Å². The molecule has 3 aliphatic rings. The second kappa shape index (κ2) is 6.47. The number of aromatic nitrogens is 4. The Morgan fingerprint density at radius 3 is 2.73 bits per heavy atom. The van der Waals surface area contributed by atoms with Crippen LogP contribution in [0.15, 0.2) is 36.5 Å². The summed E-state index contributed by atoms with van der Waals surface area (Å²) in [7, 11) is 0. The molecular formula is C23H19F3N6S. The predicted molar refractivity (Wildman–Crippen MR) is 119 cm³/mol. The first-order valence-corrected chi connectivity index (χ1v) is 11.7. The lowest BCUT2D eigenvalue weighted by molar-refractivity contribution is 0.448. The summed E-state index contributed by atoms with van der Waals surface area (Å²) >= 11 is 1.54. The number of nitrogens with zero attached hydrogens (tertiary/aromatic N) is 6. The quantitative estimate of drug-likeness (QED) is 0.329. The van der Waals surface area contributed by atoms with Crippen LogP contribution in [-0.2, 0) is 0 Å². The van der Waals surface area contributed by atoms with Crippen LogP contribution in [0, 0.1) is 30.3 Å². The molecule has 7 rings (SSSR count). The zero-order valence-corrected chi connectivity index (χ0v) is 18.5. The van der Waals surface area contributed by atoms with E-state index in [4.69, 9.17) is 10.1 Å². The molecule has 10 heteroatoms. The van der Waals surface area contributed by atoms with Gasteiger partial charge in [-0.2, -0.15) is 9.36 Å². The molecule has 1 aliphatic carbocycles. The van der Waals surface area contributed by atoms with E-state index in [0.29, 0.717) is 29.1 Å². The van der Waals surface area contributed by atoms with Crippen LogP contribution >= 0.6 is 11.5 Å². The summed E-state index contributed by atoms with van der Waals surface area (Å²) in [5, 5.41) is 5.91. The van der Waals surface area contributed by atoms with Crippen molar-refractivity contribution in [3.63, 3.8) is 0 Å². The molecular weight excluding hydrogens is 449 g/mol. The lowest BCUT2D eigenvalue weighted by atomic mass is 9.99. The third-order valence-corrected chi connectivity index (χ3v) is 8.29. The number of hydrogen-bond acceptors (Lipinski definition) is 6. The number of pyridine rings is 1. The number of anilines is 2. The fraction of sp³-hybridized carbons (Fsp3) is 0.348. The van der Waals surface area contributed by atoms with Crippen molar-refractivity contribution in [2.75, 3.05) is 22.9 Å². The van der Waals surface area contributed by atoms with Crippen molar-refractivity contribution >= 4 is 28.1 Å². The second-order valence-corrected chi connectivity index (χ2v) is 10.0. The summed E-state index contributed by atoms with van der Waals surface area (Å²) in [5.41, 5.74) is 2.27.